The molecule has 2 rings (SSSR count). The van der Waals surface area contributed by atoms with Gasteiger partial charge in [0.05, 0.1) is 14.2 Å². The van der Waals surface area contributed by atoms with E-state index in [1.165, 1.54) is 5.56 Å². The first-order chi connectivity index (χ1) is 12.2. The van der Waals surface area contributed by atoms with Crippen LogP contribution in [0, 0.1) is 0 Å². The number of hydrogen-bond acceptors (Lipinski definition) is 3. The Morgan fingerprint density at radius 3 is 2.40 bits per heavy atom. The number of rotatable bonds is 7. The molecular formula is C20H27N3O2. The number of nitrogens with zero attached hydrogens (tertiary/aromatic N) is 1. The lowest BCUT2D eigenvalue weighted by atomic mass is 9.98. The van der Waals surface area contributed by atoms with Crippen LogP contribution in [0.15, 0.2) is 53.5 Å². The van der Waals surface area contributed by atoms with Gasteiger partial charge in [-0.05, 0) is 30.0 Å². The van der Waals surface area contributed by atoms with Crippen LogP contribution in [-0.4, -0.2) is 33.8 Å². The monoisotopic (exact) mass is 341 g/mol. The van der Waals surface area contributed by atoms with Crippen LogP contribution in [0.1, 0.15) is 24.8 Å². The van der Waals surface area contributed by atoms with Crippen molar-refractivity contribution >= 4 is 11.6 Å². The summed E-state index contributed by atoms with van der Waals surface area (Å²) in [5.74, 6) is 2.61. The van der Waals surface area contributed by atoms with Gasteiger partial charge in [0.25, 0.3) is 0 Å². The van der Waals surface area contributed by atoms with E-state index in [0.717, 1.165) is 24.6 Å². The Morgan fingerprint density at radius 1 is 1.04 bits per heavy atom. The molecule has 0 aliphatic heterocycles. The number of hydrogen-bond donors (Lipinski definition) is 2. The Labute approximate surface area is 150 Å². The molecule has 2 aromatic rings. The first-order valence-electron chi connectivity index (χ1n) is 8.42. The van der Waals surface area contributed by atoms with Crippen LogP contribution in [0.4, 0.5) is 5.69 Å². The van der Waals surface area contributed by atoms with E-state index in [0.29, 0.717) is 17.4 Å². The van der Waals surface area contributed by atoms with Crippen LogP contribution < -0.4 is 20.1 Å². The van der Waals surface area contributed by atoms with E-state index in [-0.39, 0.29) is 0 Å². The van der Waals surface area contributed by atoms with E-state index in [2.05, 4.69) is 46.8 Å². The number of ether oxygens (including phenoxy) is 2. The molecule has 2 aromatic carbocycles. The molecule has 0 aliphatic carbocycles. The van der Waals surface area contributed by atoms with Crippen LogP contribution >= 0.6 is 0 Å². The highest BCUT2D eigenvalue weighted by Crippen LogP contribution is 2.29. The molecule has 0 aliphatic rings. The van der Waals surface area contributed by atoms with Crippen LogP contribution in [0.3, 0.4) is 0 Å². The van der Waals surface area contributed by atoms with Gasteiger partial charge in [-0.3, -0.25) is 4.99 Å². The van der Waals surface area contributed by atoms with E-state index in [1.807, 2.05) is 24.3 Å². The molecule has 0 aromatic heterocycles. The number of anilines is 1. The van der Waals surface area contributed by atoms with E-state index >= 15 is 0 Å². The molecule has 1 unspecified atom stereocenters. The van der Waals surface area contributed by atoms with Crippen LogP contribution in [-0.2, 0) is 0 Å². The highest BCUT2D eigenvalue weighted by molar-refractivity contribution is 5.93. The van der Waals surface area contributed by atoms with E-state index < -0.39 is 0 Å². The summed E-state index contributed by atoms with van der Waals surface area (Å²) in [5.41, 5.74) is 2.24. The Balaban J connectivity index is 1.89. The van der Waals surface area contributed by atoms with Gasteiger partial charge in [-0.15, -0.1) is 0 Å². The fourth-order valence-corrected chi connectivity index (χ4v) is 2.59. The summed E-state index contributed by atoms with van der Waals surface area (Å²) < 4.78 is 10.6. The predicted molar refractivity (Wildman–Crippen MR) is 104 cm³/mol. The molecular weight excluding hydrogens is 314 g/mol. The number of guanidine groups is 1. The Hall–Kier alpha value is -2.69. The smallest absolute Gasteiger partial charge is 0.195 e. The van der Waals surface area contributed by atoms with Crippen molar-refractivity contribution in [3.8, 4) is 11.5 Å². The number of methoxy groups -OCH3 is 2. The predicted octanol–water partition coefficient (Wildman–Crippen LogP) is 3.88. The average Bonchev–Trinajstić information content (AvgIpc) is 2.67. The third-order valence-corrected chi connectivity index (χ3v) is 4.11. The van der Waals surface area contributed by atoms with Crippen molar-refractivity contribution in [1.29, 1.82) is 0 Å². The van der Waals surface area contributed by atoms with Crippen molar-refractivity contribution in [2.45, 2.75) is 19.3 Å². The molecule has 1 atom stereocenters. The summed E-state index contributed by atoms with van der Waals surface area (Å²) in [6, 6.07) is 16.2. The molecule has 0 heterocycles. The van der Waals surface area contributed by atoms with Gasteiger partial charge in [-0.2, -0.15) is 0 Å². The topological polar surface area (TPSA) is 54.9 Å². The van der Waals surface area contributed by atoms with Gasteiger partial charge in [-0.1, -0.05) is 37.3 Å². The first-order valence-corrected chi connectivity index (χ1v) is 8.42. The maximum atomic E-state index is 5.33. The maximum Gasteiger partial charge on any atom is 0.195 e. The second-order valence-electron chi connectivity index (χ2n) is 5.79. The van der Waals surface area contributed by atoms with Gasteiger partial charge in [0.1, 0.15) is 0 Å². The van der Waals surface area contributed by atoms with Crippen LogP contribution in [0.2, 0.25) is 0 Å². The third kappa shape index (κ3) is 5.41. The minimum atomic E-state index is 0.493. The summed E-state index contributed by atoms with van der Waals surface area (Å²) in [6.07, 6.45) is 1.02. The summed E-state index contributed by atoms with van der Waals surface area (Å²) in [5, 5.41) is 6.62. The van der Waals surface area contributed by atoms with E-state index in [1.54, 1.807) is 21.3 Å². The van der Waals surface area contributed by atoms with Crippen LogP contribution in [0.5, 0.6) is 11.5 Å². The van der Waals surface area contributed by atoms with Crippen molar-refractivity contribution in [3.63, 3.8) is 0 Å². The normalized spacial score (nSPS) is 12.4. The highest BCUT2D eigenvalue weighted by atomic mass is 16.5. The molecule has 5 nitrogen and oxygen atoms in total. The molecule has 0 fully saturated rings. The lowest BCUT2D eigenvalue weighted by Gasteiger charge is -2.16. The zero-order valence-electron chi connectivity index (χ0n) is 15.4. The van der Waals surface area contributed by atoms with Crippen molar-refractivity contribution in [2.75, 3.05) is 33.1 Å². The van der Waals surface area contributed by atoms with Crippen molar-refractivity contribution < 1.29 is 9.47 Å². The highest BCUT2D eigenvalue weighted by Gasteiger charge is 2.08. The van der Waals surface area contributed by atoms with Gasteiger partial charge in [-0.25, -0.2) is 0 Å². The Morgan fingerprint density at radius 2 is 1.76 bits per heavy atom. The molecule has 0 saturated heterocycles. The van der Waals surface area contributed by atoms with Gasteiger partial charge in [0.15, 0.2) is 17.5 Å². The largest absolute Gasteiger partial charge is 0.493 e. The second-order valence-corrected chi connectivity index (χ2v) is 5.79. The fraction of sp³-hybridized carbons (Fsp3) is 0.350. The summed E-state index contributed by atoms with van der Waals surface area (Å²) in [7, 11) is 5.01. The zero-order chi connectivity index (χ0) is 18.1. The summed E-state index contributed by atoms with van der Waals surface area (Å²) in [6.45, 7) is 3.07. The molecule has 2 N–H and O–H groups in total. The SMILES string of the molecule is CN=C(NCCC(C)c1ccccc1)Nc1ccc(OC)c(OC)c1. The molecule has 5 heteroatoms. The van der Waals surface area contributed by atoms with Gasteiger partial charge >= 0.3 is 0 Å². The van der Waals surface area contributed by atoms with Crippen molar-refractivity contribution in [2.24, 2.45) is 4.99 Å². The third-order valence-electron chi connectivity index (χ3n) is 4.11. The number of benzene rings is 2. The minimum absolute atomic E-state index is 0.493. The molecule has 0 spiro atoms. The average molecular weight is 341 g/mol. The second kappa shape index (κ2) is 9.57. The molecule has 134 valence electrons. The molecule has 0 radical (unpaired) electrons. The lowest BCUT2D eigenvalue weighted by molar-refractivity contribution is 0.355. The Kier molecular flexibility index (Phi) is 7.14. The summed E-state index contributed by atoms with van der Waals surface area (Å²) >= 11 is 0. The quantitative estimate of drug-likeness (QED) is 0.593. The molecule has 0 bridgehead atoms. The van der Waals surface area contributed by atoms with Gasteiger partial charge in [0, 0.05) is 25.3 Å². The van der Waals surface area contributed by atoms with Crippen LogP contribution in [0.25, 0.3) is 0 Å². The minimum Gasteiger partial charge on any atom is -0.493 e. The van der Waals surface area contributed by atoms with E-state index in [9.17, 15) is 0 Å². The Bertz CT molecular complexity index is 687. The zero-order valence-corrected chi connectivity index (χ0v) is 15.4. The van der Waals surface area contributed by atoms with Crippen molar-refractivity contribution in [3.05, 3.63) is 54.1 Å². The molecule has 0 amide bonds. The summed E-state index contributed by atoms with van der Waals surface area (Å²) in [4.78, 5) is 4.27. The lowest BCUT2D eigenvalue weighted by Crippen LogP contribution is -2.32. The standard InChI is InChI=1S/C20H27N3O2/c1-15(16-8-6-5-7-9-16)12-13-22-20(21-2)23-17-10-11-18(24-3)19(14-17)25-4/h5-11,14-15H,12-13H2,1-4H3,(H2,21,22,23). The number of nitrogens with one attached hydrogen (secondary N) is 2. The molecule has 25 heavy (non-hydrogen) atoms. The maximum absolute atomic E-state index is 5.33. The first kappa shape index (κ1) is 18.6. The van der Waals surface area contributed by atoms with E-state index in [4.69, 9.17) is 9.47 Å². The van der Waals surface area contributed by atoms with Gasteiger partial charge in [0.2, 0.25) is 0 Å². The number of aliphatic imine (C=N–C) groups is 1. The molecule has 0 saturated carbocycles. The van der Waals surface area contributed by atoms with Gasteiger partial charge < -0.3 is 20.1 Å². The fourth-order valence-electron chi connectivity index (χ4n) is 2.59. The van der Waals surface area contributed by atoms with Crippen molar-refractivity contribution in [1.82, 2.24) is 5.32 Å².